The standard InChI is InChI=1S/C14H10N4S/c1-19-14-11(9-15)13-16-7-8-18(13)12(17-14)10-5-3-2-4-6-10/h2-8H,1H3. The number of imidazole rings is 1. The minimum atomic E-state index is 0.525. The second-order valence-corrected chi connectivity index (χ2v) is 4.71. The van der Waals surface area contributed by atoms with Gasteiger partial charge in [-0.05, 0) is 6.26 Å². The van der Waals surface area contributed by atoms with Crippen molar-refractivity contribution in [2.24, 2.45) is 0 Å². The zero-order chi connectivity index (χ0) is 13.2. The van der Waals surface area contributed by atoms with Crippen LogP contribution in [0.3, 0.4) is 0 Å². The van der Waals surface area contributed by atoms with Gasteiger partial charge in [0.15, 0.2) is 5.65 Å². The van der Waals surface area contributed by atoms with E-state index in [-0.39, 0.29) is 0 Å². The van der Waals surface area contributed by atoms with Crippen LogP contribution in [-0.2, 0) is 0 Å². The van der Waals surface area contributed by atoms with Crippen molar-refractivity contribution in [2.75, 3.05) is 6.26 Å². The van der Waals surface area contributed by atoms with Crippen molar-refractivity contribution >= 4 is 17.4 Å². The summed E-state index contributed by atoms with van der Waals surface area (Å²) in [4.78, 5) is 8.87. The molecule has 0 aliphatic heterocycles. The third-order valence-corrected chi connectivity index (χ3v) is 3.53. The number of fused-ring (bicyclic) bond motifs is 1. The van der Waals surface area contributed by atoms with Gasteiger partial charge in [0.25, 0.3) is 0 Å². The maximum absolute atomic E-state index is 9.27. The highest BCUT2D eigenvalue weighted by Gasteiger charge is 2.15. The molecule has 0 saturated carbocycles. The summed E-state index contributed by atoms with van der Waals surface area (Å²) in [6, 6.07) is 12.1. The monoisotopic (exact) mass is 266 g/mol. The number of hydrogen-bond donors (Lipinski definition) is 0. The van der Waals surface area contributed by atoms with Gasteiger partial charge in [0.05, 0.1) is 0 Å². The Hall–Kier alpha value is -2.32. The molecule has 0 radical (unpaired) electrons. The molecular weight excluding hydrogens is 256 g/mol. The molecule has 2 aromatic heterocycles. The molecule has 0 saturated heterocycles. The number of nitrogens with zero attached hydrogens (tertiary/aromatic N) is 4. The first kappa shape index (κ1) is 11.8. The van der Waals surface area contributed by atoms with Crippen LogP contribution in [0.2, 0.25) is 0 Å². The van der Waals surface area contributed by atoms with Crippen LogP contribution in [0.1, 0.15) is 5.56 Å². The number of benzene rings is 1. The fourth-order valence-electron chi connectivity index (χ4n) is 2.00. The van der Waals surface area contributed by atoms with E-state index in [0.29, 0.717) is 16.2 Å². The molecule has 0 aliphatic rings. The van der Waals surface area contributed by atoms with Crippen LogP contribution < -0.4 is 0 Å². The molecule has 1 aromatic carbocycles. The summed E-state index contributed by atoms with van der Waals surface area (Å²) in [5.74, 6) is 0.802. The molecule has 0 aliphatic carbocycles. The first-order valence-corrected chi connectivity index (χ1v) is 6.94. The highest BCUT2D eigenvalue weighted by molar-refractivity contribution is 7.98. The smallest absolute Gasteiger partial charge is 0.159 e. The Kier molecular flexibility index (Phi) is 2.94. The van der Waals surface area contributed by atoms with Gasteiger partial charge in [0, 0.05) is 18.0 Å². The molecule has 0 spiro atoms. The lowest BCUT2D eigenvalue weighted by Crippen LogP contribution is -2.00. The van der Waals surface area contributed by atoms with Crippen molar-refractivity contribution in [3.8, 4) is 17.5 Å². The number of aromatic nitrogens is 3. The van der Waals surface area contributed by atoms with E-state index >= 15 is 0 Å². The average molecular weight is 266 g/mol. The summed E-state index contributed by atoms with van der Waals surface area (Å²) in [6.07, 6.45) is 5.43. The van der Waals surface area contributed by atoms with Gasteiger partial charge in [0.1, 0.15) is 22.5 Å². The van der Waals surface area contributed by atoms with Crippen LogP contribution in [0.5, 0.6) is 0 Å². The van der Waals surface area contributed by atoms with Gasteiger partial charge in [-0.15, -0.1) is 11.8 Å². The lowest BCUT2D eigenvalue weighted by atomic mass is 10.2. The quantitative estimate of drug-likeness (QED) is 0.528. The molecule has 0 unspecified atom stereocenters. The van der Waals surface area contributed by atoms with Crippen LogP contribution in [0.4, 0.5) is 0 Å². The highest BCUT2D eigenvalue weighted by Crippen LogP contribution is 2.26. The molecule has 0 amide bonds. The lowest BCUT2D eigenvalue weighted by Gasteiger charge is -2.08. The molecule has 3 aromatic rings. The maximum atomic E-state index is 9.27. The van der Waals surface area contributed by atoms with Gasteiger partial charge in [-0.1, -0.05) is 30.3 Å². The van der Waals surface area contributed by atoms with E-state index in [1.807, 2.05) is 47.2 Å². The number of hydrogen-bond acceptors (Lipinski definition) is 4. The fourth-order valence-corrected chi connectivity index (χ4v) is 2.52. The zero-order valence-corrected chi connectivity index (χ0v) is 11.1. The molecule has 19 heavy (non-hydrogen) atoms. The summed E-state index contributed by atoms with van der Waals surface area (Å²) in [5, 5.41) is 9.98. The minimum Gasteiger partial charge on any atom is -0.283 e. The van der Waals surface area contributed by atoms with Crippen molar-refractivity contribution in [2.45, 2.75) is 5.03 Å². The third kappa shape index (κ3) is 1.86. The molecular formula is C14H10N4S. The van der Waals surface area contributed by atoms with Crippen LogP contribution >= 0.6 is 11.8 Å². The second-order valence-electron chi connectivity index (χ2n) is 3.92. The predicted octanol–water partition coefficient (Wildman–Crippen LogP) is 2.99. The molecule has 2 heterocycles. The summed E-state index contributed by atoms with van der Waals surface area (Å²) in [7, 11) is 0. The Morgan fingerprint density at radius 2 is 2.05 bits per heavy atom. The van der Waals surface area contributed by atoms with Crippen molar-refractivity contribution in [1.82, 2.24) is 14.4 Å². The van der Waals surface area contributed by atoms with Gasteiger partial charge in [-0.2, -0.15) is 5.26 Å². The van der Waals surface area contributed by atoms with E-state index in [1.54, 1.807) is 6.20 Å². The average Bonchev–Trinajstić information content (AvgIpc) is 2.95. The number of nitriles is 1. The predicted molar refractivity (Wildman–Crippen MR) is 74.9 cm³/mol. The Bertz CT molecular complexity index is 771. The van der Waals surface area contributed by atoms with E-state index in [9.17, 15) is 5.26 Å². The molecule has 5 heteroatoms. The SMILES string of the molecule is CSc1nc(-c2ccccc2)n2ccnc2c1C#N. The van der Waals surface area contributed by atoms with E-state index < -0.39 is 0 Å². The second kappa shape index (κ2) is 4.75. The van der Waals surface area contributed by atoms with Crippen LogP contribution in [-0.4, -0.2) is 20.6 Å². The molecule has 0 bridgehead atoms. The lowest BCUT2D eigenvalue weighted by molar-refractivity contribution is 1.01. The largest absolute Gasteiger partial charge is 0.283 e. The minimum absolute atomic E-state index is 0.525. The molecule has 3 rings (SSSR count). The number of rotatable bonds is 2. The van der Waals surface area contributed by atoms with E-state index in [1.165, 1.54) is 11.8 Å². The molecule has 0 N–H and O–H groups in total. The Morgan fingerprint density at radius 3 is 2.74 bits per heavy atom. The van der Waals surface area contributed by atoms with E-state index in [0.717, 1.165) is 11.4 Å². The zero-order valence-electron chi connectivity index (χ0n) is 10.2. The third-order valence-electron chi connectivity index (χ3n) is 2.85. The van der Waals surface area contributed by atoms with Gasteiger partial charge in [-0.25, -0.2) is 9.97 Å². The molecule has 92 valence electrons. The normalized spacial score (nSPS) is 10.5. The highest BCUT2D eigenvalue weighted by atomic mass is 32.2. The first-order valence-electron chi connectivity index (χ1n) is 5.71. The van der Waals surface area contributed by atoms with Crippen LogP contribution in [0, 0.1) is 11.3 Å². The van der Waals surface area contributed by atoms with Crippen molar-refractivity contribution < 1.29 is 0 Å². The Labute approximate surface area is 114 Å². The van der Waals surface area contributed by atoms with Crippen LogP contribution in [0.15, 0.2) is 47.8 Å². The molecule has 0 atom stereocenters. The first-order chi connectivity index (χ1) is 9.35. The van der Waals surface area contributed by atoms with Crippen molar-refractivity contribution in [1.29, 1.82) is 5.26 Å². The summed E-state index contributed by atoms with van der Waals surface area (Å²) >= 11 is 1.46. The van der Waals surface area contributed by atoms with E-state index in [2.05, 4.69) is 16.0 Å². The van der Waals surface area contributed by atoms with Crippen molar-refractivity contribution in [3.63, 3.8) is 0 Å². The Morgan fingerprint density at radius 1 is 1.26 bits per heavy atom. The van der Waals surface area contributed by atoms with E-state index in [4.69, 9.17) is 0 Å². The summed E-state index contributed by atoms with van der Waals surface area (Å²) < 4.78 is 1.85. The molecule has 4 nitrogen and oxygen atoms in total. The maximum Gasteiger partial charge on any atom is 0.159 e. The summed E-state index contributed by atoms with van der Waals surface area (Å²) in [5.41, 5.74) is 2.18. The number of thioether (sulfide) groups is 1. The molecule has 0 fully saturated rings. The van der Waals surface area contributed by atoms with Gasteiger partial charge >= 0.3 is 0 Å². The topological polar surface area (TPSA) is 54.0 Å². The Balaban J connectivity index is 2.38. The van der Waals surface area contributed by atoms with Crippen molar-refractivity contribution in [3.05, 3.63) is 48.3 Å². The fraction of sp³-hybridized carbons (Fsp3) is 0.0714. The van der Waals surface area contributed by atoms with Gasteiger partial charge in [-0.3, -0.25) is 4.40 Å². The van der Waals surface area contributed by atoms with Gasteiger partial charge < -0.3 is 0 Å². The van der Waals surface area contributed by atoms with Gasteiger partial charge in [0.2, 0.25) is 0 Å². The van der Waals surface area contributed by atoms with Crippen LogP contribution in [0.25, 0.3) is 17.0 Å². The summed E-state index contributed by atoms with van der Waals surface area (Å²) in [6.45, 7) is 0.